The lowest BCUT2D eigenvalue weighted by atomic mass is 10.1. The van der Waals surface area contributed by atoms with Crippen LogP contribution in [-0.2, 0) is 4.74 Å². The number of morpholine rings is 1. The SMILES string of the molecule is CC(NC(=O)c1ccc(N2CCOCC2)c([N+](=O)[O-])c1)c1cccs1. The second-order valence-electron chi connectivity index (χ2n) is 5.77. The highest BCUT2D eigenvalue weighted by Crippen LogP contribution is 2.30. The predicted molar refractivity (Wildman–Crippen MR) is 96.3 cm³/mol. The minimum absolute atomic E-state index is 0.0571. The maximum atomic E-state index is 12.5. The second-order valence-corrected chi connectivity index (χ2v) is 6.75. The summed E-state index contributed by atoms with van der Waals surface area (Å²) >= 11 is 1.56. The lowest BCUT2D eigenvalue weighted by molar-refractivity contribution is -0.384. The van der Waals surface area contributed by atoms with Crippen molar-refractivity contribution in [1.29, 1.82) is 0 Å². The maximum Gasteiger partial charge on any atom is 0.293 e. The van der Waals surface area contributed by atoms with Gasteiger partial charge in [0.25, 0.3) is 11.6 Å². The van der Waals surface area contributed by atoms with Crippen LogP contribution in [0.25, 0.3) is 0 Å². The molecule has 0 saturated carbocycles. The molecule has 132 valence electrons. The monoisotopic (exact) mass is 361 g/mol. The van der Waals surface area contributed by atoms with E-state index in [-0.39, 0.29) is 23.2 Å². The van der Waals surface area contributed by atoms with Gasteiger partial charge in [-0.25, -0.2) is 0 Å². The van der Waals surface area contributed by atoms with E-state index in [1.165, 1.54) is 6.07 Å². The average molecular weight is 361 g/mol. The number of carbonyl (C=O) groups is 1. The van der Waals surface area contributed by atoms with Gasteiger partial charge in [0.15, 0.2) is 0 Å². The summed E-state index contributed by atoms with van der Waals surface area (Å²) in [6.07, 6.45) is 0. The summed E-state index contributed by atoms with van der Waals surface area (Å²) in [4.78, 5) is 26.4. The molecule has 2 aromatic rings. The number of anilines is 1. The molecule has 8 heteroatoms. The minimum atomic E-state index is -0.440. The quantitative estimate of drug-likeness (QED) is 0.654. The van der Waals surface area contributed by atoms with Gasteiger partial charge < -0.3 is 15.0 Å². The molecule has 1 aromatic carbocycles. The van der Waals surface area contributed by atoms with Gasteiger partial charge in [-0.2, -0.15) is 0 Å². The Morgan fingerprint density at radius 1 is 1.36 bits per heavy atom. The topological polar surface area (TPSA) is 84.7 Å². The van der Waals surface area contributed by atoms with Crippen LogP contribution in [0.3, 0.4) is 0 Å². The standard InChI is InChI=1S/C17H19N3O4S/c1-12(16-3-2-10-25-16)18-17(21)13-4-5-14(15(11-13)20(22)23)19-6-8-24-9-7-19/h2-5,10-12H,6-9H2,1H3,(H,18,21). The van der Waals surface area contributed by atoms with Gasteiger partial charge in [-0.05, 0) is 30.5 Å². The Bertz CT molecular complexity index is 757. The summed E-state index contributed by atoms with van der Waals surface area (Å²) in [6.45, 7) is 4.17. The number of thiophene rings is 1. The van der Waals surface area contributed by atoms with Gasteiger partial charge in [-0.15, -0.1) is 11.3 Å². The Balaban J connectivity index is 1.81. The van der Waals surface area contributed by atoms with E-state index in [2.05, 4.69) is 5.32 Å². The summed E-state index contributed by atoms with van der Waals surface area (Å²) in [7, 11) is 0. The van der Waals surface area contributed by atoms with Crippen molar-refractivity contribution in [3.05, 3.63) is 56.3 Å². The molecule has 1 aliphatic heterocycles. The van der Waals surface area contributed by atoms with E-state index in [1.807, 2.05) is 29.3 Å². The lowest BCUT2D eigenvalue weighted by Crippen LogP contribution is -2.36. The first kappa shape index (κ1) is 17.4. The number of carbonyl (C=O) groups excluding carboxylic acids is 1. The number of rotatable bonds is 5. The van der Waals surface area contributed by atoms with Crippen LogP contribution in [-0.4, -0.2) is 37.1 Å². The van der Waals surface area contributed by atoms with E-state index >= 15 is 0 Å². The molecule has 7 nitrogen and oxygen atoms in total. The summed E-state index contributed by atoms with van der Waals surface area (Å²) in [5, 5.41) is 16.3. The molecule has 0 radical (unpaired) electrons. The molecule has 1 unspecified atom stereocenters. The zero-order valence-corrected chi connectivity index (χ0v) is 14.6. The smallest absolute Gasteiger partial charge is 0.293 e. The minimum Gasteiger partial charge on any atom is -0.378 e. The van der Waals surface area contributed by atoms with Crippen LogP contribution >= 0.6 is 11.3 Å². The molecule has 1 aliphatic rings. The van der Waals surface area contributed by atoms with Crippen molar-refractivity contribution in [1.82, 2.24) is 5.32 Å². The summed E-state index contributed by atoms with van der Waals surface area (Å²) in [5.74, 6) is -0.322. The average Bonchev–Trinajstić information content (AvgIpc) is 3.16. The van der Waals surface area contributed by atoms with E-state index < -0.39 is 4.92 Å². The van der Waals surface area contributed by atoms with Crippen molar-refractivity contribution >= 4 is 28.6 Å². The molecule has 3 rings (SSSR count). The van der Waals surface area contributed by atoms with Crippen LogP contribution < -0.4 is 10.2 Å². The van der Waals surface area contributed by atoms with Gasteiger partial charge in [0.05, 0.1) is 24.2 Å². The van der Waals surface area contributed by atoms with Crippen molar-refractivity contribution < 1.29 is 14.5 Å². The first-order chi connectivity index (χ1) is 12.1. The van der Waals surface area contributed by atoms with Crippen LogP contribution in [0, 0.1) is 10.1 Å². The van der Waals surface area contributed by atoms with E-state index in [4.69, 9.17) is 4.74 Å². The second kappa shape index (κ2) is 7.62. The van der Waals surface area contributed by atoms with Crippen molar-refractivity contribution in [2.75, 3.05) is 31.2 Å². The van der Waals surface area contributed by atoms with Crippen LogP contribution in [0.2, 0.25) is 0 Å². The van der Waals surface area contributed by atoms with E-state index in [0.29, 0.717) is 32.0 Å². The summed E-state index contributed by atoms with van der Waals surface area (Å²) in [6, 6.07) is 8.35. The zero-order chi connectivity index (χ0) is 17.8. The van der Waals surface area contributed by atoms with Gasteiger partial charge in [0, 0.05) is 29.6 Å². The van der Waals surface area contributed by atoms with Crippen LogP contribution in [0.15, 0.2) is 35.7 Å². The normalized spacial score (nSPS) is 15.6. The highest BCUT2D eigenvalue weighted by Gasteiger charge is 2.23. The van der Waals surface area contributed by atoms with Crippen molar-refractivity contribution in [2.24, 2.45) is 0 Å². The highest BCUT2D eigenvalue weighted by atomic mass is 32.1. The number of nitrogens with one attached hydrogen (secondary N) is 1. The third-order valence-corrected chi connectivity index (χ3v) is 5.16. The Morgan fingerprint density at radius 3 is 2.76 bits per heavy atom. The Kier molecular flexibility index (Phi) is 5.30. The zero-order valence-electron chi connectivity index (χ0n) is 13.8. The molecule has 0 spiro atoms. The number of hydrogen-bond acceptors (Lipinski definition) is 6. The number of nitro groups is 1. The number of amides is 1. The van der Waals surface area contributed by atoms with Gasteiger partial charge in [0.2, 0.25) is 0 Å². The summed E-state index contributed by atoms with van der Waals surface area (Å²) < 4.78 is 5.29. The molecule has 1 aromatic heterocycles. The molecular weight excluding hydrogens is 342 g/mol. The van der Waals surface area contributed by atoms with Crippen molar-refractivity contribution in [2.45, 2.75) is 13.0 Å². The largest absolute Gasteiger partial charge is 0.378 e. The first-order valence-corrected chi connectivity index (χ1v) is 8.89. The first-order valence-electron chi connectivity index (χ1n) is 8.01. The Labute approximate surface area is 149 Å². The third kappa shape index (κ3) is 3.97. The number of nitrogens with zero attached hydrogens (tertiary/aromatic N) is 2. The maximum absolute atomic E-state index is 12.5. The van der Waals surface area contributed by atoms with E-state index in [0.717, 1.165) is 4.88 Å². The number of nitro benzene ring substituents is 1. The fourth-order valence-corrected chi connectivity index (χ4v) is 3.51. The highest BCUT2D eigenvalue weighted by molar-refractivity contribution is 7.10. The molecule has 1 amide bonds. The molecule has 1 saturated heterocycles. The summed E-state index contributed by atoms with van der Waals surface area (Å²) in [5.41, 5.74) is 0.751. The van der Waals surface area contributed by atoms with Crippen molar-refractivity contribution in [3.63, 3.8) is 0 Å². The van der Waals surface area contributed by atoms with Gasteiger partial charge >= 0.3 is 0 Å². The van der Waals surface area contributed by atoms with Crippen LogP contribution in [0.4, 0.5) is 11.4 Å². The predicted octanol–water partition coefficient (Wildman–Crippen LogP) is 2.98. The fourth-order valence-electron chi connectivity index (χ4n) is 2.77. The molecule has 0 bridgehead atoms. The molecule has 0 aliphatic carbocycles. The van der Waals surface area contributed by atoms with Crippen LogP contribution in [0.1, 0.15) is 28.2 Å². The fraction of sp³-hybridized carbons (Fsp3) is 0.353. The number of hydrogen-bond donors (Lipinski definition) is 1. The molecule has 1 N–H and O–H groups in total. The molecule has 25 heavy (non-hydrogen) atoms. The Hall–Kier alpha value is -2.45. The van der Waals surface area contributed by atoms with Crippen molar-refractivity contribution in [3.8, 4) is 0 Å². The van der Waals surface area contributed by atoms with Gasteiger partial charge in [-0.1, -0.05) is 6.07 Å². The van der Waals surface area contributed by atoms with Gasteiger partial charge in [0.1, 0.15) is 5.69 Å². The molecule has 2 heterocycles. The number of benzene rings is 1. The lowest BCUT2D eigenvalue weighted by Gasteiger charge is -2.28. The molecular formula is C17H19N3O4S. The number of ether oxygens (including phenoxy) is 1. The Morgan fingerprint density at radius 2 is 2.12 bits per heavy atom. The van der Waals surface area contributed by atoms with E-state index in [9.17, 15) is 14.9 Å². The molecule has 1 atom stereocenters. The van der Waals surface area contributed by atoms with Crippen LogP contribution in [0.5, 0.6) is 0 Å². The van der Waals surface area contributed by atoms with E-state index in [1.54, 1.807) is 23.5 Å². The third-order valence-electron chi connectivity index (χ3n) is 4.10. The molecule has 1 fully saturated rings. The van der Waals surface area contributed by atoms with Gasteiger partial charge in [-0.3, -0.25) is 14.9 Å².